The molecular formula is C24H30N6O3. The van der Waals surface area contributed by atoms with Gasteiger partial charge in [0.15, 0.2) is 0 Å². The van der Waals surface area contributed by atoms with Crippen molar-refractivity contribution in [2.75, 3.05) is 13.1 Å². The molecule has 0 aliphatic carbocycles. The first-order chi connectivity index (χ1) is 16.1. The Kier molecular flexibility index (Phi) is 9.56. The Morgan fingerprint density at radius 3 is 2.48 bits per heavy atom. The van der Waals surface area contributed by atoms with Crippen LogP contribution in [0.2, 0.25) is 0 Å². The number of aromatic amines is 1. The highest BCUT2D eigenvalue weighted by atomic mass is 16.4. The second-order valence-electron chi connectivity index (χ2n) is 7.66. The molecule has 5 N–H and O–H groups in total. The number of amides is 1. The fraction of sp³-hybridized carbons (Fsp3) is 0.333. The Balaban J connectivity index is 1.37. The van der Waals surface area contributed by atoms with Crippen molar-refractivity contribution in [3.8, 4) is 0 Å². The molecule has 9 nitrogen and oxygen atoms in total. The molecule has 0 saturated heterocycles. The summed E-state index contributed by atoms with van der Waals surface area (Å²) in [5, 5.41) is 18.6. The predicted molar refractivity (Wildman–Crippen MR) is 125 cm³/mol. The maximum absolute atomic E-state index is 12.5. The number of hydrogen-bond acceptors (Lipinski definition) is 6. The van der Waals surface area contributed by atoms with E-state index in [0.717, 1.165) is 30.0 Å². The summed E-state index contributed by atoms with van der Waals surface area (Å²) in [4.78, 5) is 35.4. The number of aromatic nitrogens is 3. The van der Waals surface area contributed by atoms with Crippen LogP contribution in [0.5, 0.6) is 0 Å². The van der Waals surface area contributed by atoms with Gasteiger partial charge in [-0.05, 0) is 62.2 Å². The second kappa shape index (κ2) is 13.1. The fourth-order valence-electron chi connectivity index (χ4n) is 3.31. The molecule has 1 atom stereocenters. The number of aliphatic carboxylic acids is 1. The lowest BCUT2D eigenvalue weighted by molar-refractivity contribution is -0.139. The van der Waals surface area contributed by atoms with Crippen LogP contribution < -0.4 is 16.0 Å². The van der Waals surface area contributed by atoms with Gasteiger partial charge in [0.25, 0.3) is 5.91 Å². The van der Waals surface area contributed by atoms with Gasteiger partial charge >= 0.3 is 5.97 Å². The molecule has 0 unspecified atom stereocenters. The van der Waals surface area contributed by atoms with E-state index in [1.807, 2.05) is 30.3 Å². The zero-order chi connectivity index (χ0) is 23.3. The molecule has 33 heavy (non-hydrogen) atoms. The molecule has 9 heteroatoms. The number of benzene rings is 1. The summed E-state index contributed by atoms with van der Waals surface area (Å²) >= 11 is 0. The molecule has 0 aliphatic rings. The van der Waals surface area contributed by atoms with Gasteiger partial charge in [0, 0.05) is 30.7 Å². The molecular weight excluding hydrogens is 420 g/mol. The predicted octanol–water partition coefficient (Wildman–Crippen LogP) is 1.89. The number of carboxylic acids is 1. The standard InChI is InChI=1S/C24H30N6O3/c31-23(30-21(24(32)33)5-3-11-25-17-22-28-14-15-29-22)19-8-6-18(7-9-19)10-13-26-16-20-4-1-2-12-27-20/h1-2,4,6-9,12,14-15,21,25-26H,3,5,10-11,13,16-17H2,(H,28,29)(H,30,31)(H,32,33)/t21-/m0/s1. The largest absolute Gasteiger partial charge is 0.480 e. The van der Waals surface area contributed by atoms with Gasteiger partial charge < -0.3 is 26.0 Å². The first-order valence-electron chi connectivity index (χ1n) is 11.0. The van der Waals surface area contributed by atoms with E-state index in [0.29, 0.717) is 38.0 Å². The van der Waals surface area contributed by atoms with Crippen molar-refractivity contribution < 1.29 is 14.7 Å². The lowest BCUT2D eigenvalue weighted by Gasteiger charge is -2.15. The van der Waals surface area contributed by atoms with Crippen molar-refractivity contribution >= 4 is 11.9 Å². The van der Waals surface area contributed by atoms with Crippen molar-refractivity contribution in [3.63, 3.8) is 0 Å². The van der Waals surface area contributed by atoms with E-state index in [9.17, 15) is 14.7 Å². The topological polar surface area (TPSA) is 132 Å². The molecule has 1 aromatic carbocycles. The molecule has 0 saturated carbocycles. The first kappa shape index (κ1) is 24.1. The summed E-state index contributed by atoms with van der Waals surface area (Å²) in [6, 6.07) is 12.1. The highest BCUT2D eigenvalue weighted by molar-refractivity contribution is 5.96. The van der Waals surface area contributed by atoms with E-state index in [1.165, 1.54) is 0 Å². The summed E-state index contributed by atoms with van der Waals surface area (Å²) in [6.07, 6.45) is 6.97. The number of pyridine rings is 1. The molecule has 0 radical (unpaired) electrons. The summed E-state index contributed by atoms with van der Waals surface area (Å²) in [6.45, 7) is 2.71. The van der Waals surface area contributed by atoms with E-state index in [1.54, 1.807) is 30.7 Å². The molecule has 2 aromatic heterocycles. The summed E-state index contributed by atoms with van der Waals surface area (Å²) in [5.74, 6) is -0.596. The number of carbonyl (C=O) groups excluding carboxylic acids is 1. The highest BCUT2D eigenvalue weighted by Crippen LogP contribution is 2.07. The van der Waals surface area contributed by atoms with Crippen LogP contribution in [0, 0.1) is 0 Å². The highest BCUT2D eigenvalue weighted by Gasteiger charge is 2.20. The summed E-state index contributed by atoms with van der Waals surface area (Å²) in [5.41, 5.74) is 2.53. The van der Waals surface area contributed by atoms with Crippen molar-refractivity contribution in [3.05, 3.63) is 83.7 Å². The van der Waals surface area contributed by atoms with Crippen molar-refractivity contribution in [1.29, 1.82) is 0 Å². The molecule has 0 aliphatic heterocycles. The number of H-pyrrole nitrogens is 1. The van der Waals surface area contributed by atoms with Crippen LogP contribution in [0.4, 0.5) is 0 Å². The molecule has 0 spiro atoms. The number of carboxylic acid groups (broad SMARTS) is 1. The maximum Gasteiger partial charge on any atom is 0.326 e. The molecule has 0 fully saturated rings. The second-order valence-corrected chi connectivity index (χ2v) is 7.66. The van der Waals surface area contributed by atoms with Crippen LogP contribution in [-0.4, -0.2) is 51.1 Å². The number of carbonyl (C=O) groups is 2. The minimum absolute atomic E-state index is 0.340. The summed E-state index contributed by atoms with van der Waals surface area (Å²) < 4.78 is 0. The quantitative estimate of drug-likeness (QED) is 0.237. The first-order valence-corrected chi connectivity index (χ1v) is 11.0. The van der Waals surface area contributed by atoms with E-state index in [2.05, 4.69) is 30.9 Å². The van der Waals surface area contributed by atoms with Crippen molar-refractivity contribution in [1.82, 2.24) is 30.9 Å². The van der Waals surface area contributed by atoms with Gasteiger partial charge in [0.1, 0.15) is 11.9 Å². The van der Waals surface area contributed by atoms with E-state index in [4.69, 9.17) is 0 Å². The Labute approximate surface area is 193 Å². The van der Waals surface area contributed by atoms with Gasteiger partial charge in [-0.1, -0.05) is 18.2 Å². The lowest BCUT2D eigenvalue weighted by Crippen LogP contribution is -2.41. The zero-order valence-corrected chi connectivity index (χ0v) is 18.5. The average molecular weight is 451 g/mol. The smallest absolute Gasteiger partial charge is 0.326 e. The van der Waals surface area contributed by atoms with Crippen LogP contribution >= 0.6 is 0 Å². The number of hydrogen-bond donors (Lipinski definition) is 5. The van der Waals surface area contributed by atoms with Crippen molar-refractivity contribution in [2.24, 2.45) is 0 Å². The monoisotopic (exact) mass is 450 g/mol. The minimum atomic E-state index is -1.04. The third-order valence-electron chi connectivity index (χ3n) is 5.14. The van der Waals surface area contributed by atoms with E-state index in [-0.39, 0.29) is 5.91 Å². The van der Waals surface area contributed by atoms with Gasteiger partial charge in [0.05, 0.1) is 12.2 Å². The number of nitrogens with zero attached hydrogens (tertiary/aromatic N) is 2. The third kappa shape index (κ3) is 8.47. The van der Waals surface area contributed by atoms with Gasteiger partial charge in [-0.3, -0.25) is 9.78 Å². The van der Waals surface area contributed by atoms with E-state index >= 15 is 0 Å². The molecule has 3 rings (SSSR count). The van der Waals surface area contributed by atoms with Crippen LogP contribution in [0.3, 0.4) is 0 Å². The van der Waals surface area contributed by atoms with Crippen LogP contribution in [0.1, 0.15) is 40.3 Å². The molecule has 3 aromatic rings. The SMILES string of the molecule is O=C(N[C@@H](CCCNCc1ncc[nH]1)C(=O)O)c1ccc(CCNCc2ccccn2)cc1. The average Bonchev–Trinajstić information content (AvgIpc) is 3.35. The van der Waals surface area contributed by atoms with Gasteiger partial charge in [0.2, 0.25) is 0 Å². The maximum atomic E-state index is 12.5. The Bertz CT molecular complexity index is 977. The molecule has 2 heterocycles. The van der Waals surface area contributed by atoms with Gasteiger partial charge in [-0.25, -0.2) is 9.78 Å². The van der Waals surface area contributed by atoms with E-state index < -0.39 is 12.0 Å². The Morgan fingerprint density at radius 2 is 1.79 bits per heavy atom. The van der Waals surface area contributed by atoms with Gasteiger partial charge in [-0.15, -0.1) is 0 Å². The number of nitrogens with one attached hydrogen (secondary N) is 4. The molecule has 1 amide bonds. The normalized spacial score (nSPS) is 11.8. The van der Waals surface area contributed by atoms with Crippen molar-refractivity contribution in [2.45, 2.75) is 38.4 Å². The van der Waals surface area contributed by atoms with Crippen LogP contribution in [0.25, 0.3) is 0 Å². The van der Waals surface area contributed by atoms with Gasteiger partial charge in [-0.2, -0.15) is 0 Å². The third-order valence-corrected chi connectivity index (χ3v) is 5.14. The Morgan fingerprint density at radius 1 is 0.970 bits per heavy atom. The molecule has 174 valence electrons. The van der Waals surface area contributed by atoms with Crippen LogP contribution in [-0.2, 0) is 24.3 Å². The lowest BCUT2D eigenvalue weighted by atomic mass is 10.1. The van der Waals surface area contributed by atoms with Crippen LogP contribution in [0.15, 0.2) is 61.1 Å². The zero-order valence-electron chi connectivity index (χ0n) is 18.5. The Hall–Kier alpha value is -3.56. The number of rotatable bonds is 14. The minimum Gasteiger partial charge on any atom is -0.480 e. The summed E-state index contributed by atoms with van der Waals surface area (Å²) in [7, 11) is 0. The number of imidazole rings is 1. The molecule has 0 bridgehead atoms. The fourth-order valence-corrected chi connectivity index (χ4v) is 3.31.